The van der Waals surface area contributed by atoms with E-state index in [0.717, 1.165) is 30.8 Å². The molecule has 112 valence electrons. The van der Waals surface area contributed by atoms with Gasteiger partial charge in [0, 0.05) is 16.6 Å². The van der Waals surface area contributed by atoms with Crippen LogP contribution in [0.1, 0.15) is 37.8 Å². The van der Waals surface area contributed by atoms with Crippen molar-refractivity contribution in [3.63, 3.8) is 0 Å². The van der Waals surface area contributed by atoms with Crippen molar-refractivity contribution in [3.8, 4) is 5.75 Å². The van der Waals surface area contributed by atoms with Gasteiger partial charge in [-0.25, -0.2) is 0 Å². The van der Waals surface area contributed by atoms with Gasteiger partial charge in [0.15, 0.2) is 0 Å². The average molecular weight is 317 g/mol. The van der Waals surface area contributed by atoms with Gasteiger partial charge in [-0.05, 0) is 58.0 Å². The second kappa shape index (κ2) is 7.51. The molecular weight excluding hydrogens is 295 g/mol. The number of ether oxygens (including phenoxy) is 1. The van der Waals surface area contributed by atoms with Crippen LogP contribution in [-0.4, -0.2) is 31.1 Å². The Balaban J connectivity index is 2.39. The Morgan fingerprint density at radius 3 is 2.60 bits per heavy atom. The minimum absolute atomic E-state index is 0.236. The topological polar surface area (TPSA) is 38.5 Å². The van der Waals surface area contributed by atoms with Crippen molar-refractivity contribution in [3.05, 3.63) is 27.7 Å². The van der Waals surface area contributed by atoms with Crippen LogP contribution in [-0.2, 0) is 0 Å². The summed E-state index contributed by atoms with van der Waals surface area (Å²) in [5, 5.41) is 1.23. The number of hydrogen-bond donors (Lipinski definition) is 1. The van der Waals surface area contributed by atoms with Crippen LogP contribution in [0.15, 0.2) is 12.1 Å². The van der Waals surface area contributed by atoms with E-state index in [1.165, 1.54) is 12.8 Å². The highest BCUT2D eigenvalue weighted by Gasteiger charge is 2.27. The Bertz CT molecular complexity index is 448. The highest BCUT2D eigenvalue weighted by Crippen LogP contribution is 2.40. The van der Waals surface area contributed by atoms with Gasteiger partial charge in [-0.3, -0.25) is 4.90 Å². The van der Waals surface area contributed by atoms with Crippen molar-refractivity contribution in [2.45, 2.75) is 32.2 Å². The fourth-order valence-electron chi connectivity index (χ4n) is 2.87. The number of hydrogen-bond acceptors (Lipinski definition) is 3. The SMILES string of the molecule is CCOc1c(Cl)cc(Cl)cc1C(CCN)N1CCCC1. The van der Waals surface area contributed by atoms with E-state index in [-0.39, 0.29) is 6.04 Å². The summed E-state index contributed by atoms with van der Waals surface area (Å²) in [7, 11) is 0. The maximum atomic E-state index is 6.31. The van der Waals surface area contributed by atoms with Gasteiger partial charge >= 0.3 is 0 Å². The minimum Gasteiger partial charge on any atom is -0.492 e. The summed E-state index contributed by atoms with van der Waals surface area (Å²) in [6.45, 7) is 5.38. The molecule has 0 radical (unpaired) electrons. The maximum absolute atomic E-state index is 6.31. The maximum Gasteiger partial charge on any atom is 0.142 e. The molecule has 1 aliphatic heterocycles. The van der Waals surface area contributed by atoms with Crippen LogP contribution < -0.4 is 10.5 Å². The lowest BCUT2D eigenvalue weighted by Crippen LogP contribution is -2.28. The van der Waals surface area contributed by atoms with E-state index in [1.54, 1.807) is 6.07 Å². The molecule has 1 unspecified atom stereocenters. The second-order valence-electron chi connectivity index (χ2n) is 5.08. The molecule has 1 saturated heterocycles. The molecule has 0 aliphatic carbocycles. The molecule has 3 nitrogen and oxygen atoms in total. The third kappa shape index (κ3) is 3.59. The Morgan fingerprint density at radius 2 is 2.00 bits per heavy atom. The number of nitrogens with two attached hydrogens (primary N) is 1. The van der Waals surface area contributed by atoms with Crippen LogP contribution >= 0.6 is 23.2 Å². The van der Waals surface area contributed by atoms with Gasteiger partial charge in [-0.1, -0.05) is 23.2 Å². The van der Waals surface area contributed by atoms with Crippen molar-refractivity contribution in [1.82, 2.24) is 4.90 Å². The summed E-state index contributed by atoms with van der Waals surface area (Å²) in [4.78, 5) is 2.46. The molecule has 0 amide bonds. The fraction of sp³-hybridized carbons (Fsp3) is 0.600. The van der Waals surface area contributed by atoms with Gasteiger partial charge in [0.05, 0.1) is 11.6 Å². The van der Waals surface area contributed by atoms with Gasteiger partial charge < -0.3 is 10.5 Å². The highest BCUT2D eigenvalue weighted by atomic mass is 35.5. The predicted octanol–water partition coefficient (Wildman–Crippen LogP) is 3.88. The quantitative estimate of drug-likeness (QED) is 0.865. The minimum atomic E-state index is 0.236. The zero-order valence-electron chi connectivity index (χ0n) is 11.9. The van der Waals surface area contributed by atoms with Gasteiger partial charge in [0.25, 0.3) is 0 Å². The second-order valence-corrected chi connectivity index (χ2v) is 5.92. The molecule has 1 fully saturated rings. The molecule has 0 saturated carbocycles. The van der Waals surface area contributed by atoms with Crippen molar-refractivity contribution in [2.75, 3.05) is 26.2 Å². The average Bonchev–Trinajstić information content (AvgIpc) is 2.93. The molecule has 0 bridgehead atoms. The number of rotatable bonds is 6. The molecule has 20 heavy (non-hydrogen) atoms. The summed E-state index contributed by atoms with van der Waals surface area (Å²) < 4.78 is 5.75. The summed E-state index contributed by atoms with van der Waals surface area (Å²) in [6, 6.07) is 3.94. The summed E-state index contributed by atoms with van der Waals surface area (Å²) in [5.74, 6) is 0.754. The van der Waals surface area contributed by atoms with Crippen molar-refractivity contribution >= 4 is 23.2 Å². The normalized spacial score (nSPS) is 17.4. The smallest absolute Gasteiger partial charge is 0.142 e. The van der Waals surface area contributed by atoms with E-state index in [0.29, 0.717) is 23.2 Å². The largest absolute Gasteiger partial charge is 0.492 e. The number of benzene rings is 1. The summed E-state index contributed by atoms with van der Waals surface area (Å²) >= 11 is 12.5. The van der Waals surface area contributed by atoms with E-state index < -0.39 is 0 Å². The van der Waals surface area contributed by atoms with Crippen LogP contribution in [0.2, 0.25) is 10.0 Å². The Labute approximate surface area is 131 Å². The Hall–Kier alpha value is -0.480. The lowest BCUT2D eigenvalue weighted by molar-refractivity contribution is 0.227. The molecule has 2 rings (SSSR count). The van der Waals surface area contributed by atoms with Crippen LogP contribution in [0.25, 0.3) is 0 Å². The van der Waals surface area contributed by atoms with E-state index in [1.807, 2.05) is 13.0 Å². The predicted molar refractivity (Wildman–Crippen MR) is 84.9 cm³/mol. The van der Waals surface area contributed by atoms with Crippen molar-refractivity contribution in [2.24, 2.45) is 5.73 Å². The van der Waals surface area contributed by atoms with Crippen LogP contribution in [0, 0.1) is 0 Å². The zero-order chi connectivity index (χ0) is 14.5. The van der Waals surface area contributed by atoms with Gasteiger partial charge in [0.2, 0.25) is 0 Å². The molecule has 5 heteroatoms. The standard InChI is InChI=1S/C15H22Cl2N2O/c1-2-20-15-12(9-11(16)10-13(15)17)14(5-6-18)19-7-3-4-8-19/h9-10,14H,2-8,18H2,1H3. The van der Waals surface area contributed by atoms with Crippen molar-refractivity contribution < 1.29 is 4.74 Å². The van der Waals surface area contributed by atoms with E-state index in [4.69, 9.17) is 33.7 Å². The molecule has 0 aromatic heterocycles. The van der Waals surface area contributed by atoms with E-state index in [9.17, 15) is 0 Å². The third-order valence-electron chi connectivity index (χ3n) is 3.71. The van der Waals surface area contributed by atoms with Gasteiger partial charge in [0.1, 0.15) is 5.75 Å². The molecule has 2 N–H and O–H groups in total. The molecule has 1 atom stereocenters. The fourth-order valence-corrected chi connectivity index (χ4v) is 3.43. The lowest BCUT2D eigenvalue weighted by Gasteiger charge is -2.29. The Morgan fingerprint density at radius 1 is 1.30 bits per heavy atom. The molecule has 1 heterocycles. The van der Waals surface area contributed by atoms with Crippen LogP contribution in [0.4, 0.5) is 0 Å². The number of halogens is 2. The van der Waals surface area contributed by atoms with Gasteiger partial charge in [-0.15, -0.1) is 0 Å². The van der Waals surface area contributed by atoms with E-state index >= 15 is 0 Å². The first-order chi connectivity index (χ1) is 9.67. The zero-order valence-corrected chi connectivity index (χ0v) is 13.4. The summed E-state index contributed by atoms with van der Waals surface area (Å²) in [6.07, 6.45) is 3.36. The van der Waals surface area contributed by atoms with Crippen LogP contribution in [0.3, 0.4) is 0 Å². The molecule has 1 aromatic rings. The Kier molecular flexibility index (Phi) is 5.97. The number of likely N-dealkylation sites (tertiary alicyclic amines) is 1. The first-order valence-corrected chi connectivity index (χ1v) is 7.98. The van der Waals surface area contributed by atoms with Crippen molar-refractivity contribution in [1.29, 1.82) is 0 Å². The monoisotopic (exact) mass is 316 g/mol. The highest BCUT2D eigenvalue weighted by molar-refractivity contribution is 6.35. The van der Waals surface area contributed by atoms with E-state index in [2.05, 4.69) is 4.90 Å². The molecule has 1 aromatic carbocycles. The first kappa shape index (κ1) is 15.9. The van der Waals surface area contributed by atoms with Gasteiger partial charge in [-0.2, -0.15) is 0 Å². The first-order valence-electron chi connectivity index (χ1n) is 7.23. The molecule has 1 aliphatic rings. The molecule has 0 spiro atoms. The molecular formula is C15H22Cl2N2O. The number of nitrogens with zero attached hydrogens (tertiary/aromatic N) is 1. The van der Waals surface area contributed by atoms with Crippen LogP contribution in [0.5, 0.6) is 5.75 Å². The third-order valence-corrected chi connectivity index (χ3v) is 4.21. The summed E-state index contributed by atoms with van der Waals surface area (Å²) in [5.41, 5.74) is 6.87. The lowest BCUT2D eigenvalue weighted by atomic mass is 10.0.